The van der Waals surface area contributed by atoms with Crippen LogP contribution in [0.2, 0.25) is 10.0 Å². The zero-order valence-electron chi connectivity index (χ0n) is 17.2. The van der Waals surface area contributed by atoms with Gasteiger partial charge in [0.1, 0.15) is 5.70 Å². The van der Waals surface area contributed by atoms with Gasteiger partial charge in [-0.25, -0.2) is 0 Å². The molecule has 2 aliphatic rings. The molecular formula is C22H28Cl2N2O3. The van der Waals surface area contributed by atoms with Crippen LogP contribution in [0.25, 0.3) is 5.57 Å². The largest absolute Gasteiger partial charge is 0.372 e. The maximum atomic E-state index is 13.3. The van der Waals surface area contributed by atoms with E-state index in [0.717, 1.165) is 25.7 Å². The number of nitrogens with zero attached hydrogens (tertiary/aromatic N) is 2. The van der Waals surface area contributed by atoms with Gasteiger partial charge in [-0.1, -0.05) is 55.5 Å². The zero-order valence-corrected chi connectivity index (χ0v) is 18.7. The van der Waals surface area contributed by atoms with Crippen molar-refractivity contribution in [2.24, 2.45) is 0 Å². The van der Waals surface area contributed by atoms with E-state index in [9.17, 15) is 9.59 Å². The number of amides is 2. The normalized spacial score (nSPS) is 22.8. The number of morpholine rings is 1. The molecule has 1 aromatic rings. The molecule has 0 spiro atoms. The number of halogens is 2. The third kappa shape index (κ3) is 4.79. The van der Waals surface area contributed by atoms with Crippen molar-refractivity contribution >= 4 is 40.6 Å². The minimum atomic E-state index is -0.280. The summed E-state index contributed by atoms with van der Waals surface area (Å²) in [5.41, 5.74) is 1.34. The number of ether oxygens (including phenoxy) is 1. The van der Waals surface area contributed by atoms with E-state index in [1.54, 1.807) is 18.2 Å². The number of benzene rings is 1. The van der Waals surface area contributed by atoms with Gasteiger partial charge in [0.2, 0.25) is 0 Å². The minimum Gasteiger partial charge on any atom is -0.372 e. The summed E-state index contributed by atoms with van der Waals surface area (Å²) >= 11 is 12.5. The van der Waals surface area contributed by atoms with Crippen LogP contribution in [0.5, 0.6) is 0 Å². The van der Waals surface area contributed by atoms with Crippen molar-refractivity contribution in [2.75, 3.05) is 19.6 Å². The monoisotopic (exact) mass is 438 g/mol. The first kappa shape index (κ1) is 22.1. The molecule has 1 aromatic carbocycles. The number of carbonyl (C=O) groups excluding carboxylic acids is 2. The van der Waals surface area contributed by atoms with Crippen LogP contribution in [-0.4, -0.2) is 53.5 Å². The Kier molecular flexibility index (Phi) is 7.25. The summed E-state index contributed by atoms with van der Waals surface area (Å²) in [7, 11) is 0. The van der Waals surface area contributed by atoms with Crippen LogP contribution in [0.15, 0.2) is 23.9 Å². The first-order chi connectivity index (χ1) is 13.8. The van der Waals surface area contributed by atoms with E-state index in [4.69, 9.17) is 27.9 Å². The van der Waals surface area contributed by atoms with E-state index < -0.39 is 0 Å². The molecule has 2 atom stereocenters. The Labute approximate surface area is 182 Å². The predicted octanol–water partition coefficient (Wildman–Crippen LogP) is 4.76. The fourth-order valence-electron chi connectivity index (χ4n) is 4.05. The topological polar surface area (TPSA) is 49.9 Å². The highest BCUT2D eigenvalue weighted by atomic mass is 35.5. The Morgan fingerprint density at radius 1 is 1.03 bits per heavy atom. The van der Waals surface area contributed by atoms with Gasteiger partial charge in [-0.15, -0.1) is 0 Å². The van der Waals surface area contributed by atoms with Crippen LogP contribution in [-0.2, 0) is 14.3 Å². The number of imide groups is 1. The highest BCUT2D eigenvalue weighted by molar-refractivity contribution is 6.41. The van der Waals surface area contributed by atoms with Crippen molar-refractivity contribution in [3.8, 4) is 0 Å². The molecule has 1 saturated heterocycles. The van der Waals surface area contributed by atoms with Crippen molar-refractivity contribution in [3.05, 3.63) is 39.5 Å². The molecule has 2 aliphatic heterocycles. The van der Waals surface area contributed by atoms with Gasteiger partial charge in [0.15, 0.2) is 0 Å². The van der Waals surface area contributed by atoms with Crippen LogP contribution in [0, 0.1) is 0 Å². The van der Waals surface area contributed by atoms with Gasteiger partial charge in [0.05, 0.1) is 22.8 Å². The second-order valence-corrected chi connectivity index (χ2v) is 8.68. The smallest absolute Gasteiger partial charge is 0.277 e. The lowest BCUT2D eigenvalue weighted by Gasteiger charge is -2.37. The fourth-order valence-corrected chi connectivity index (χ4v) is 4.55. The molecule has 29 heavy (non-hydrogen) atoms. The second-order valence-electron chi connectivity index (χ2n) is 7.83. The van der Waals surface area contributed by atoms with Crippen molar-refractivity contribution in [2.45, 2.75) is 58.7 Å². The molecule has 2 unspecified atom stereocenters. The molecule has 0 aromatic heterocycles. The van der Waals surface area contributed by atoms with Gasteiger partial charge in [-0.2, -0.15) is 0 Å². The lowest BCUT2D eigenvalue weighted by atomic mass is 10.0. The number of hydrogen-bond donors (Lipinski definition) is 0. The summed E-state index contributed by atoms with van der Waals surface area (Å²) in [6.45, 7) is 7.61. The van der Waals surface area contributed by atoms with Crippen LogP contribution >= 0.6 is 23.2 Å². The average Bonchev–Trinajstić information content (AvgIpc) is 2.89. The Morgan fingerprint density at radius 2 is 1.72 bits per heavy atom. The number of carbonyl (C=O) groups is 2. The third-order valence-corrected chi connectivity index (χ3v) is 5.86. The van der Waals surface area contributed by atoms with Gasteiger partial charge >= 0.3 is 0 Å². The minimum absolute atomic E-state index is 0.0327. The summed E-state index contributed by atoms with van der Waals surface area (Å²) in [5.74, 6) is -0.522. The predicted molar refractivity (Wildman–Crippen MR) is 116 cm³/mol. The summed E-state index contributed by atoms with van der Waals surface area (Å²) in [6.07, 6.45) is 3.91. The Morgan fingerprint density at radius 3 is 2.34 bits per heavy atom. The van der Waals surface area contributed by atoms with E-state index in [0.29, 0.717) is 46.5 Å². The Balaban J connectivity index is 1.99. The molecule has 2 heterocycles. The molecule has 0 bridgehead atoms. The maximum Gasteiger partial charge on any atom is 0.277 e. The van der Waals surface area contributed by atoms with Gasteiger partial charge in [0.25, 0.3) is 11.8 Å². The maximum absolute atomic E-state index is 13.3. The molecule has 7 heteroatoms. The lowest BCUT2D eigenvalue weighted by molar-refractivity contribution is -0.138. The average molecular weight is 439 g/mol. The van der Waals surface area contributed by atoms with Crippen molar-refractivity contribution < 1.29 is 14.3 Å². The zero-order chi connectivity index (χ0) is 21.1. The van der Waals surface area contributed by atoms with Gasteiger partial charge < -0.3 is 9.64 Å². The third-order valence-electron chi connectivity index (χ3n) is 5.32. The highest BCUT2D eigenvalue weighted by Crippen LogP contribution is 2.37. The standard InChI is InChI=1S/C22H28Cl2N2O3/c1-4-5-6-7-10-26-21(27)19(17-9-8-16(23)11-18(17)24)20(22(26)28)25-12-14(2)29-15(3)13-25/h8-9,11,14-15H,4-7,10,12-13H2,1-3H3. The van der Waals surface area contributed by atoms with E-state index in [1.807, 2.05) is 18.7 Å². The number of unbranched alkanes of at least 4 members (excludes halogenated alkanes) is 3. The summed E-state index contributed by atoms with van der Waals surface area (Å²) in [4.78, 5) is 30.0. The highest BCUT2D eigenvalue weighted by Gasteiger charge is 2.43. The Hall–Kier alpha value is -1.56. The molecule has 1 fully saturated rings. The quantitative estimate of drug-likeness (QED) is 0.454. The lowest BCUT2D eigenvalue weighted by Crippen LogP contribution is -2.47. The molecule has 3 rings (SSSR count). The van der Waals surface area contributed by atoms with Gasteiger partial charge in [-0.05, 0) is 32.4 Å². The van der Waals surface area contributed by atoms with E-state index >= 15 is 0 Å². The van der Waals surface area contributed by atoms with Crippen molar-refractivity contribution in [1.82, 2.24) is 9.80 Å². The molecule has 0 N–H and O–H groups in total. The van der Waals surface area contributed by atoms with E-state index in [2.05, 4.69) is 6.92 Å². The second kappa shape index (κ2) is 9.50. The SMILES string of the molecule is CCCCCCN1C(=O)C(c2ccc(Cl)cc2Cl)=C(N2CC(C)OC(C)C2)C1=O. The molecule has 158 valence electrons. The van der Waals surface area contributed by atoms with Crippen molar-refractivity contribution in [3.63, 3.8) is 0 Å². The van der Waals surface area contributed by atoms with Crippen LogP contribution < -0.4 is 0 Å². The molecule has 0 saturated carbocycles. The number of rotatable bonds is 7. The van der Waals surface area contributed by atoms with Crippen LogP contribution in [0.1, 0.15) is 52.0 Å². The summed E-state index contributed by atoms with van der Waals surface area (Å²) < 4.78 is 5.82. The fraction of sp³-hybridized carbons (Fsp3) is 0.545. The molecule has 0 aliphatic carbocycles. The molecular weight excluding hydrogens is 411 g/mol. The molecule has 5 nitrogen and oxygen atoms in total. The molecule has 0 radical (unpaired) electrons. The first-order valence-electron chi connectivity index (χ1n) is 10.3. The van der Waals surface area contributed by atoms with E-state index in [1.165, 1.54) is 4.90 Å². The van der Waals surface area contributed by atoms with Crippen LogP contribution in [0.4, 0.5) is 0 Å². The van der Waals surface area contributed by atoms with Crippen molar-refractivity contribution in [1.29, 1.82) is 0 Å². The van der Waals surface area contributed by atoms with Gasteiger partial charge in [0, 0.05) is 30.2 Å². The summed E-state index contributed by atoms with van der Waals surface area (Å²) in [5, 5.41) is 0.857. The number of hydrogen-bond acceptors (Lipinski definition) is 4. The van der Waals surface area contributed by atoms with Crippen LogP contribution in [0.3, 0.4) is 0 Å². The van der Waals surface area contributed by atoms with Gasteiger partial charge in [-0.3, -0.25) is 14.5 Å². The summed E-state index contributed by atoms with van der Waals surface area (Å²) in [6, 6.07) is 5.02. The first-order valence-corrected chi connectivity index (χ1v) is 11.0. The van der Waals surface area contributed by atoms with E-state index in [-0.39, 0.29) is 24.0 Å². The molecule has 2 amide bonds. The Bertz CT molecular complexity index is 814.